The van der Waals surface area contributed by atoms with Crippen LogP contribution in [-0.2, 0) is 17.3 Å². The molecule has 4 heteroatoms. The fourth-order valence-electron chi connectivity index (χ4n) is 2.18. The summed E-state index contributed by atoms with van der Waals surface area (Å²) in [5, 5.41) is 3.50. The van der Waals surface area contributed by atoms with Crippen molar-refractivity contribution in [2.75, 3.05) is 26.9 Å². The average Bonchev–Trinajstić information content (AvgIpc) is 2.34. The van der Waals surface area contributed by atoms with Gasteiger partial charge in [-0.3, -0.25) is 4.21 Å². The fraction of sp³-hybridized carbons (Fsp3) is 0.600. The van der Waals surface area contributed by atoms with Gasteiger partial charge in [0.1, 0.15) is 0 Å². The van der Waals surface area contributed by atoms with E-state index in [-0.39, 0.29) is 0 Å². The molecule has 1 N–H and O–H groups in total. The predicted octanol–water partition coefficient (Wildman–Crippen LogP) is 2.10. The van der Waals surface area contributed by atoms with E-state index in [4.69, 9.17) is 0 Å². The molecule has 0 radical (unpaired) electrons. The van der Waals surface area contributed by atoms with Crippen LogP contribution >= 0.6 is 0 Å². The number of nitrogens with one attached hydrogen (secondary N) is 1. The van der Waals surface area contributed by atoms with Crippen molar-refractivity contribution < 1.29 is 4.21 Å². The van der Waals surface area contributed by atoms with Gasteiger partial charge in [-0.15, -0.1) is 0 Å². The number of hydrogen-bond acceptors (Lipinski definition) is 3. The number of benzene rings is 1. The van der Waals surface area contributed by atoms with E-state index in [1.807, 2.05) is 24.3 Å². The Bertz CT molecular complexity index is 393. The van der Waals surface area contributed by atoms with Crippen LogP contribution in [0.1, 0.15) is 19.4 Å². The lowest BCUT2D eigenvalue weighted by molar-refractivity contribution is 0.224. The summed E-state index contributed by atoms with van der Waals surface area (Å²) in [5.74, 6) is 0.632. The van der Waals surface area contributed by atoms with Gasteiger partial charge in [0.05, 0.1) is 0 Å². The minimum absolute atomic E-state index is 0.544. The first-order chi connectivity index (χ1) is 8.91. The lowest BCUT2D eigenvalue weighted by Gasteiger charge is -2.28. The summed E-state index contributed by atoms with van der Waals surface area (Å²) in [4.78, 5) is 3.15. The highest BCUT2D eigenvalue weighted by atomic mass is 32.2. The monoisotopic (exact) mass is 282 g/mol. The molecule has 0 saturated heterocycles. The zero-order valence-corrected chi connectivity index (χ0v) is 13.5. The fourth-order valence-corrected chi connectivity index (χ4v) is 2.70. The minimum atomic E-state index is -0.890. The Morgan fingerprint density at radius 3 is 2.21 bits per heavy atom. The van der Waals surface area contributed by atoms with Crippen molar-refractivity contribution in [2.45, 2.75) is 31.3 Å². The maximum Gasteiger partial charge on any atom is 0.0498 e. The SMILES string of the molecule is CC(C)[C@@H](CNCc1ccc([S@](C)=O)cc1)N(C)C. The molecule has 0 bridgehead atoms. The van der Waals surface area contributed by atoms with Crippen molar-refractivity contribution in [1.29, 1.82) is 0 Å². The third-order valence-corrected chi connectivity index (χ3v) is 4.31. The van der Waals surface area contributed by atoms with Gasteiger partial charge in [0, 0.05) is 41.1 Å². The van der Waals surface area contributed by atoms with Crippen molar-refractivity contribution in [3.8, 4) is 0 Å². The van der Waals surface area contributed by atoms with Crippen molar-refractivity contribution in [3.63, 3.8) is 0 Å². The van der Waals surface area contributed by atoms with Crippen LogP contribution in [0.15, 0.2) is 29.2 Å². The van der Waals surface area contributed by atoms with Crippen LogP contribution in [0.25, 0.3) is 0 Å². The summed E-state index contributed by atoms with van der Waals surface area (Å²) in [6.45, 7) is 6.33. The summed E-state index contributed by atoms with van der Waals surface area (Å²) in [6.07, 6.45) is 1.71. The van der Waals surface area contributed by atoms with E-state index in [9.17, 15) is 4.21 Å². The van der Waals surface area contributed by atoms with Crippen molar-refractivity contribution in [1.82, 2.24) is 10.2 Å². The molecule has 0 unspecified atom stereocenters. The van der Waals surface area contributed by atoms with Gasteiger partial charge >= 0.3 is 0 Å². The molecule has 0 aliphatic carbocycles. The Balaban J connectivity index is 2.46. The van der Waals surface area contributed by atoms with Crippen LogP contribution in [0.4, 0.5) is 0 Å². The standard InChI is InChI=1S/C15H26N2OS/c1-12(2)15(17(3)4)11-16-10-13-6-8-14(9-7-13)19(5)18/h6-9,12,15-16H,10-11H2,1-5H3/t15-,19+/m1/s1. The third kappa shape index (κ3) is 5.43. The van der Waals surface area contributed by atoms with Crippen LogP contribution in [0.2, 0.25) is 0 Å². The lowest BCUT2D eigenvalue weighted by atomic mass is 10.0. The zero-order chi connectivity index (χ0) is 14.4. The molecule has 0 fully saturated rings. The largest absolute Gasteiger partial charge is 0.311 e. The molecule has 19 heavy (non-hydrogen) atoms. The number of hydrogen-bond donors (Lipinski definition) is 1. The van der Waals surface area contributed by atoms with E-state index < -0.39 is 10.8 Å². The topological polar surface area (TPSA) is 32.3 Å². The molecule has 108 valence electrons. The molecule has 0 saturated carbocycles. The Hall–Kier alpha value is -0.710. The Labute approximate surface area is 119 Å². The third-order valence-electron chi connectivity index (χ3n) is 3.37. The van der Waals surface area contributed by atoms with E-state index in [1.54, 1.807) is 6.26 Å². The molecule has 1 aromatic carbocycles. The molecule has 0 spiro atoms. The second kappa shape index (κ2) is 7.78. The molecule has 3 nitrogen and oxygen atoms in total. The normalized spacial score (nSPS) is 14.9. The average molecular weight is 282 g/mol. The van der Waals surface area contributed by atoms with Crippen molar-refractivity contribution >= 4 is 10.8 Å². The van der Waals surface area contributed by atoms with Crippen molar-refractivity contribution in [2.24, 2.45) is 5.92 Å². The van der Waals surface area contributed by atoms with Gasteiger partial charge < -0.3 is 10.2 Å². The van der Waals surface area contributed by atoms with Gasteiger partial charge in [0.25, 0.3) is 0 Å². The van der Waals surface area contributed by atoms with Gasteiger partial charge in [-0.1, -0.05) is 26.0 Å². The van der Waals surface area contributed by atoms with E-state index in [0.717, 1.165) is 18.0 Å². The molecular weight excluding hydrogens is 256 g/mol. The summed E-state index contributed by atoms with van der Waals surface area (Å²) in [6, 6.07) is 8.52. The highest BCUT2D eigenvalue weighted by Crippen LogP contribution is 2.09. The molecule has 0 aliphatic heterocycles. The molecule has 1 rings (SSSR count). The summed E-state index contributed by atoms with van der Waals surface area (Å²) < 4.78 is 11.3. The second-order valence-corrected chi connectivity index (χ2v) is 6.88. The van der Waals surface area contributed by atoms with Gasteiger partial charge in [-0.25, -0.2) is 0 Å². The van der Waals surface area contributed by atoms with E-state index in [1.165, 1.54) is 5.56 Å². The Kier molecular flexibility index (Phi) is 6.69. The Morgan fingerprint density at radius 2 is 1.79 bits per heavy atom. The molecular formula is C15H26N2OS. The van der Waals surface area contributed by atoms with E-state index >= 15 is 0 Å². The molecule has 0 aliphatic rings. The quantitative estimate of drug-likeness (QED) is 0.831. The van der Waals surface area contributed by atoms with E-state index in [2.05, 4.69) is 38.2 Å². The van der Waals surface area contributed by atoms with Crippen LogP contribution < -0.4 is 5.32 Å². The first kappa shape index (κ1) is 16.3. The Morgan fingerprint density at radius 1 is 1.21 bits per heavy atom. The van der Waals surface area contributed by atoms with E-state index in [0.29, 0.717) is 12.0 Å². The molecule has 0 amide bonds. The first-order valence-electron chi connectivity index (χ1n) is 6.71. The van der Waals surface area contributed by atoms with Crippen LogP contribution in [0, 0.1) is 5.92 Å². The first-order valence-corrected chi connectivity index (χ1v) is 8.27. The minimum Gasteiger partial charge on any atom is -0.311 e. The number of nitrogens with zero attached hydrogens (tertiary/aromatic N) is 1. The van der Waals surface area contributed by atoms with Crippen LogP contribution in [-0.4, -0.2) is 42.0 Å². The maximum absolute atomic E-state index is 11.3. The number of rotatable bonds is 7. The molecule has 2 atom stereocenters. The summed E-state index contributed by atoms with van der Waals surface area (Å²) >= 11 is 0. The zero-order valence-electron chi connectivity index (χ0n) is 12.6. The number of likely N-dealkylation sites (N-methyl/N-ethyl adjacent to an activating group) is 1. The smallest absolute Gasteiger partial charge is 0.0498 e. The van der Waals surface area contributed by atoms with Crippen LogP contribution in [0.5, 0.6) is 0 Å². The summed E-state index contributed by atoms with van der Waals surface area (Å²) in [7, 11) is 3.36. The highest BCUT2D eigenvalue weighted by Gasteiger charge is 2.14. The lowest BCUT2D eigenvalue weighted by Crippen LogP contribution is -2.41. The van der Waals surface area contributed by atoms with Crippen LogP contribution in [0.3, 0.4) is 0 Å². The van der Waals surface area contributed by atoms with Gasteiger partial charge in [-0.2, -0.15) is 0 Å². The molecule has 0 heterocycles. The highest BCUT2D eigenvalue weighted by molar-refractivity contribution is 7.84. The molecule has 0 aromatic heterocycles. The van der Waals surface area contributed by atoms with Crippen molar-refractivity contribution in [3.05, 3.63) is 29.8 Å². The van der Waals surface area contributed by atoms with Gasteiger partial charge in [0.2, 0.25) is 0 Å². The van der Waals surface area contributed by atoms with Gasteiger partial charge in [-0.05, 0) is 37.7 Å². The predicted molar refractivity (Wildman–Crippen MR) is 82.8 cm³/mol. The maximum atomic E-state index is 11.3. The van der Waals surface area contributed by atoms with Gasteiger partial charge in [0.15, 0.2) is 0 Å². The molecule has 1 aromatic rings. The second-order valence-electron chi connectivity index (χ2n) is 5.50. The summed E-state index contributed by atoms with van der Waals surface area (Å²) in [5.41, 5.74) is 1.23.